The first-order chi connectivity index (χ1) is 9.90. The van der Waals surface area contributed by atoms with Crippen LogP contribution in [0.15, 0.2) is 0 Å². The molecule has 21 heavy (non-hydrogen) atoms. The summed E-state index contributed by atoms with van der Waals surface area (Å²) in [5, 5.41) is 11.8. The van der Waals surface area contributed by atoms with Crippen LogP contribution in [0.4, 0.5) is 0 Å². The Balaban J connectivity index is 1.82. The molecule has 0 aromatic rings. The number of hydrogen-bond acceptors (Lipinski definition) is 3. The second-order valence-electron chi connectivity index (χ2n) is 6.42. The number of rotatable bonds is 5. The number of aliphatic carboxylic acids is 1. The molecule has 0 spiro atoms. The lowest BCUT2D eigenvalue weighted by Crippen LogP contribution is -2.48. The lowest BCUT2D eigenvalue weighted by Gasteiger charge is -2.32. The van der Waals surface area contributed by atoms with Crippen molar-refractivity contribution in [1.82, 2.24) is 10.2 Å². The van der Waals surface area contributed by atoms with E-state index < -0.39 is 12.0 Å². The summed E-state index contributed by atoms with van der Waals surface area (Å²) in [4.78, 5) is 37.0. The van der Waals surface area contributed by atoms with Gasteiger partial charge in [-0.25, -0.2) is 4.79 Å². The highest BCUT2D eigenvalue weighted by molar-refractivity contribution is 5.85. The molecule has 118 valence electrons. The third kappa shape index (κ3) is 3.95. The van der Waals surface area contributed by atoms with Gasteiger partial charge in [0, 0.05) is 24.9 Å². The van der Waals surface area contributed by atoms with E-state index in [1.807, 2.05) is 13.8 Å². The molecule has 0 aromatic heterocycles. The number of amides is 2. The Labute approximate surface area is 124 Å². The van der Waals surface area contributed by atoms with Gasteiger partial charge in [0.1, 0.15) is 6.04 Å². The summed E-state index contributed by atoms with van der Waals surface area (Å²) in [7, 11) is 0. The van der Waals surface area contributed by atoms with Crippen LogP contribution in [0.2, 0.25) is 0 Å². The van der Waals surface area contributed by atoms with Crippen molar-refractivity contribution in [1.29, 1.82) is 0 Å². The topological polar surface area (TPSA) is 86.7 Å². The van der Waals surface area contributed by atoms with Gasteiger partial charge in [-0.1, -0.05) is 13.8 Å². The van der Waals surface area contributed by atoms with Crippen LogP contribution in [0, 0.1) is 17.8 Å². The lowest BCUT2D eigenvalue weighted by molar-refractivity contribution is -0.143. The fourth-order valence-corrected chi connectivity index (χ4v) is 2.81. The first kappa shape index (κ1) is 15.8. The fourth-order valence-electron chi connectivity index (χ4n) is 2.81. The summed E-state index contributed by atoms with van der Waals surface area (Å²) >= 11 is 0. The molecule has 1 unspecified atom stereocenters. The van der Waals surface area contributed by atoms with E-state index in [4.69, 9.17) is 5.11 Å². The molecule has 2 fully saturated rings. The number of carboxylic acid groups (broad SMARTS) is 1. The molecule has 2 aliphatic rings. The third-order valence-corrected chi connectivity index (χ3v) is 4.33. The van der Waals surface area contributed by atoms with Gasteiger partial charge in [-0.05, 0) is 31.6 Å². The van der Waals surface area contributed by atoms with Gasteiger partial charge in [0.15, 0.2) is 0 Å². The Bertz CT molecular complexity index is 423. The smallest absolute Gasteiger partial charge is 0.326 e. The Morgan fingerprint density at radius 3 is 2.10 bits per heavy atom. The van der Waals surface area contributed by atoms with Crippen LogP contribution in [0.25, 0.3) is 0 Å². The minimum absolute atomic E-state index is 0.0263. The molecule has 1 aliphatic carbocycles. The van der Waals surface area contributed by atoms with Crippen molar-refractivity contribution >= 4 is 17.8 Å². The standard InChI is InChI=1S/C15H24N2O4/c1-9(2)14(19)17-7-5-11(6-8-17)13(18)16-12(15(20)21)10-3-4-10/h9-12H,3-8H2,1-2H3,(H,16,18)(H,20,21). The molecular formula is C15H24N2O4. The predicted molar refractivity (Wildman–Crippen MR) is 76.4 cm³/mol. The Kier molecular flexibility index (Phi) is 4.85. The van der Waals surface area contributed by atoms with Crippen molar-refractivity contribution in [3.05, 3.63) is 0 Å². The lowest BCUT2D eigenvalue weighted by atomic mass is 9.94. The maximum atomic E-state index is 12.2. The third-order valence-electron chi connectivity index (χ3n) is 4.33. The van der Waals surface area contributed by atoms with E-state index in [-0.39, 0.29) is 29.6 Å². The monoisotopic (exact) mass is 296 g/mol. The number of hydrogen-bond donors (Lipinski definition) is 2. The van der Waals surface area contributed by atoms with E-state index in [9.17, 15) is 14.4 Å². The highest BCUT2D eigenvalue weighted by atomic mass is 16.4. The highest BCUT2D eigenvalue weighted by Crippen LogP contribution is 2.33. The molecule has 0 radical (unpaired) electrons. The number of carbonyl (C=O) groups is 3. The largest absolute Gasteiger partial charge is 0.480 e. The van der Waals surface area contributed by atoms with Crippen molar-refractivity contribution in [2.45, 2.75) is 45.6 Å². The number of nitrogens with zero attached hydrogens (tertiary/aromatic N) is 1. The van der Waals surface area contributed by atoms with Crippen LogP contribution in [-0.4, -0.2) is 46.9 Å². The summed E-state index contributed by atoms with van der Waals surface area (Å²) in [6.45, 7) is 4.90. The minimum Gasteiger partial charge on any atom is -0.480 e. The van der Waals surface area contributed by atoms with Crippen molar-refractivity contribution in [2.24, 2.45) is 17.8 Å². The summed E-state index contributed by atoms with van der Waals surface area (Å²) in [6, 6.07) is -0.743. The summed E-state index contributed by atoms with van der Waals surface area (Å²) < 4.78 is 0. The molecule has 1 atom stereocenters. The summed E-state index contributed by atoms with van der Waals surface area (Å²) in [5.74, 6) is -1.11. The molecule has 2 N–H and O–H groups in total. The molecule has 1 saturated heterocycles. The Morgan fingerprint density at radius 1 is 1.10 bits per heavy atom. The number of nitrogens with one attached hydrogen (secondary N) is 1. The van der Waals surface area contributed by atoms with Gasteiger partial charge in [0.25, 0.3) is 0 Å². The first-order valence-electron chi connectivity index (χ1n) is 7.72. The zero-order chi connectivity index (χ0) is 15.6. The zero-order valence-corrected chi connectivity index (χ0v) is 12.7. The van der Waals surface area contributed by atoms with Gasteiger partial charge in [-0.3, -0.25) is 9.59 Å². The highest BCUT2D eigenvalue weighted by Gasteiger charge is 2.38. The van der Waals surface area contributed by atoms with Crippen molar-refractivity contribution in [3.8, 4) is 0 Å². The summed E-state index contributed by atoms with van der Waals surface area (Å²) in [6.07, 6.45) is 2.97. The minimum atomic E-state index is -0.946. The summed E-state index contributed by atoms with van der Waals surface area (Å²) in [5.41, 5.74) is 0. The van der Waals surface area contributed by atoms with Crippen LogP contribution < -0.4 is 5.32 Å². The maximum Gasteiger partial charge on any atom is 0.326 e. The Morgan fingerprint density at radius 2 is 1.67 bits per heavy atom. The number of piperidine rings is 1. The van der Waals surface area contributed by atoms with E-state index >= 15 is 0 Å². The van der Waals surface area contributed by atoms with Gasteiger partial charge in [0.05, 0.1) is 0 Å². The fraction of sp³-hybridized carbons (Fsp3) is 0.800. The second kappa shape index (κ2) is 6.45. The van der Waals surface area contributed by atoms with Gasteiger partial charge in [-0.15, -0.1) is 0 Å². The maximum absolute atomic E-state index is 12.2. The predicted octanol–water partition coefficient (Wildman–Crippen LogP) is 0.860. The number of carbonyl (C=O) groups excluding carboxylic acids is 2. The number of likely N-dealkylation sites (tertiary alicyclic amines) is 1. The Hall–Kier alpha value is -1.59. The van der Waals surface area contributed by atoms with Crippen LogP contribution in [0.1, 0.15) is 39.5 Å². The molecule has 1 heterocycles. The quantitative estimate of drug-likeness (QED) is 0.788. The molecule has 6 nitrogen and oxygen atoms in total. The van der Waals surface area contributed by atoms with Gasteiger partial charge in [0.2, 0.25) is 11.8 Å². The molecular weight excluding hydrogens is 272 g/mol. The number of carboxylic acids is 1. The van der Waals surface area contributed by atoms with Crippen LogP contribution >= 0.6 is 0 Å². The molecule has 1 aliphatic heterocycles. The molecule has 0 aromatic carbocycles. The van der Waals surface area contributed by atoms with E-state index in [2.05, 4.69) is 5.32 Å². The normalized spacial score (nSPS) is 21.2. The SMILES string of the molecule is CC(C)C(=O)N1CCC(C(=O)NC(C(=O)O)C2CC2)CC1. The van der Waals surface area contributed by atoms with Crippen molar-refractivity contribution < 1.29 is 19.5 Å². The van der Waals surface area contributed by atoms with Crippen molar-refractivity contribution in [2.75, 3.05) is 13.1 Å². The van der Waals surface area contributed by atoms with Crippen LogP contribution in [-0.2, 0) is 14.4 Å². The first-order valence-corrected chi connectivity index (χ1v) is 7.72. The molecule has 1 saturated carbocycles. The van der Waals surface area contributed by atoms with Crippen LogP contribution in [0.5, 0.6) is 0 Å². The molecule has 2 rings (SSSR count). The molecule has 6 heteroatoms. The van der Waals surface area contributed by atoms with E-state index in [0.717, 1.165) is 12.8 Å². The van der Waals surface area contributed by atoms with E-state index in [1.54, 1.807) is 4.90 Å². The van der Waals surface area contributed by atoms with Crippen molar-refractivity contribution in [3.63, 3.8) is 0 Å². The van der Waals surface area contributed by atoms with Gasteiger partial charge < -0.3 is 15.3 Å². The van der Waals surface area contributed by atoms with Gasteiger partial charge in [-0.2, -0.15) is 0 Å². The second-order valence-corrected chi connectivity index (χ2v) is 6.42. The zero-order valence-electron chi connectivity index (χ0n) is 12.7. The van der Waals surface area contributed by atoms with E-state index in [0.29, 0.717) is 25.9 Å². The van der Waals surface area contributed by atoms with E-state index in [1.165, 1.54) is 0 Å². The van der Waals surface area contributed by atoms with Crippen LogP contribution in [0.3, 0.4) is 0 Å². The average Bonchev–Trinajstić information content (AvgIpc) is 3.27. The molecule has 2 amide bonds. The molecule has 0 bridgehead atoms. The van der Waals surface area contributed by atoms with Gasteiger partial charge >= 0.3 is 5.97 Å². The average molecular weight is 296 g/mol.